The maximum absolute atomic E-state index is 12.4. The Morgan fingerprint density at radius 3 is 2.90 bits per heavy atom. The zero-order valence-corrected chi connectivity index (χ0v) is 11.6. The number of hydrogen-bond donors (Lipinski definition) is 1. The number of aryl methyl sites for hydroxylation is 1. The van der Waals surface area contributed by atoms with E-state index < -0.39 is 0 Å². The van der Waals surface area contributed by atoms with Crippen molar-refractivity contribution in [1.29, 1.82) is 0 Å². The average molecular weight is 283 g/mol. The van der Waals surface area contributed by atoms with Crippen LogP contribution >= 0.6 is 0 Å². The topological polar surface area (TPSA) is 81.4 Å². The number of ether oxygens (including phenoxy) is 1. The van der Waals surface area contributed by atoms with Gasteiger partial charge in [-0.15, -0.1) is 0 Å². The monoisotopic (exact) mass is 283 g/mol. The first kappa shape index (κ1) is 13.0. The molecular formula is C14H13N5O2. The maximum Gasteiger partial charge on any atom is 0.259 e. The average Bonchev–Trinajstić information content (AvgIpc) is 2.97. The Balaban J connectivity index is 1.95. The van der Waals surface area contributed by atoms with Gasteiger partial charge in [-0.2, -0.15) is 10.1 Å². The first-order valence-electron chi connectivity index (χ1n) is 6.30. The first-order valence-corrected chi connectivity index (χ1v) is 6.30. The van der Waals surface area contributed by atoms with E-state index >= 15 is 0 Å². The van der Waals surface area contributed by atoms with E-state index in [0.29, 0.717) is 28.5 Å². The summed E-state index contributed by atoms with van der Waals surface area (Å²) in [7, 11) is 1.55. The highest BCUT2D eigenvalue weighted by molar-refractivity contribution is 6.05. The largest absolute Gasteiger partial charge is 0.495 e. The number of anilines is 1. The van der Waals surface area contributed by atoms with E-state index in [4.69, 9.17) is 4.74 Å². The molecule has 0 saturated heterocycles. The summed E-state index contributed by atoms with van der Waals surface area (Å²) >= 11 is 0. The molecule has 0 spiro atoms. The van der Waals surface area contributed by atoms with E-state index in [1.807, 2.05) is 12.1 Å². The van der Waals surface area contributed by atoms with Crippen LogP contribution in [0.4, 0.5) is 5.69 Å². The highest BCUT2D eigenvalue weighted by Gasteiger charge is 2.15. The lowest BCUT2D eigenvalue weighted by Gasteiger charge is -2.11. The van der Waals surface area contributed by atoms with Crippen LogP contribution in [0, 0.1) is 6.92 Å². The highest BCUT2D eigenvalue weighted by atomic mass is 16.5. The van der Waals surface area contributed by atoms with Gasteiger partial charge >= 0.3 is 0 Å². The molecule has 3 aromatic rings. The Labute approximate surface area is 120 Å². The third kappa shape index (κ3) is 2.29. The molecule has 1 aromatic carbocycles. The SMILES string of the molecule is COc1ccccc1NC(=O)c1cnc2ncnn2c1C. The van der Waals surface area contributed by atoms with Crippen molar-refractivity contribution in [3.05, 3.63) is 48.0 Å². The number of benzene rings is 1. The summed E-state index contributed by atoms with van der Waals surface area (Å²) < 4.78 is 6.74. The molecule has 1 amide bonds. The molecule has 0 unspecified atom stereocenters. The lowest BCUT2D eigenvalue weighted by molar-refractivity contribution is 0.102. The summed E-state index contributed by atoms with van der Waals surface area (Å²) in [5, 5.41) is 6.85. The zero-order valence-electron chi connectivity index (χ0n) is 11.6. The quantitative estimate of drug-likeness (QED) is 0.791. The predicted octanol–water partition coefficient (Wildman–Crippen LogP) is 1.69. The number of nitrogens with one attached hydrogen (secondary N) is 1. The minimum Gasteiger partial charge on any atom is -0.495 e. The molecule has 0 saturated carbocycles. The summed E-state index contributed by atoms with van der Waals surface area (Å²) in [6, 6.07) is 7.21. The number of carbonyl (C=O) groups excluding carboxylic acids is 1. The summed E-state index contributed by atoms with van der Waals surface area (Å²) in [5.41, 5.74) is 1.70. The lowest BCUT2D eigenvalue weighted by Crippen LogP contribution is -2.16. The summed E-state index contributed by atoms with van der Waals surface area (Å²) in [6.45, 7) is 1.79. The van der Waals surface area contributed by atoms with Gasteiger partial charge in [0.2, 0.25) is 0 Å². The molecule has 0 aliphatic heterocycles. The highest BCUT2D eigenvalue weighted by Crippen LogP contribution is 2.23. The van der Waals surface area contributed by atoms with E-state index in [2.05, 4.69) is 20.4 Å². The Hall–Kier alpha value is -2.96. The molecule has 7 nitrogen and oxygen atoms in total. The van der Waals surface area contributed by atoms with E-state index in [-0.39, 0.29) is 5.91 Å². The number of rotatable bonds is 3. The van der Waals surface area contributed by atoms with Crippen LogP contribution in [0.15, 0.2) is 36.8 Å². The van der Waals surface area contributed by atoms with Crippen molar-refractivity contribution >= 4 is 17.4 Å². The number of para-hydroxylation sites is 2. The second-order valence-corrected chi connectivity index (χ2v) is 4.38. The minimum absolute atomic E-state index is 0.276. The molecule has 7 heteroatoms. The molecule has 0 atom stereocenters. The zero-order chi connectivity index (χ0) is 14.8. The van der Waals surface area contributed by atoms with Crippen molar-refractivity contribution in [1.82, 2.24) is 19.6 Å². The van der Waals surface area contributed by atoms with Crippen molar-refractivity contribution in [2.75, 3.05) is 12.4 Å². The fraction of sp³-hybridized carbons (Fsp3) is 0.143. The molecule has 3 rings (SSSR count). The Morgan fingerprint density at radius 1 is 1.29 bits per heavy atom. The van der Waals surface area contributed by atoms with Crippen molar-refractivity contribution in [3.63, 3.8) is 0 Å². The van der Waals surface area contributed by atoms with Crippen molar-refractivity contribution in [2.24, 2.45) is 0 Å². The van der Waals surface area contributed by atoms with Crippen LogP contribution in [0.1, 0.15) is 16.1 Å². The van der Waals surface area contributed by atoms with Crippen LogP contribution in [0.5, 0.6) is 5.75 Å². The molecule has 0 fully saturated rings. The van der Waals surface area contributed by atoms with Crippen molar-refractivity contribution in [2.45, 2.75) is 6.92 Å². The Kier molecular flexibility index (Phi) is 3.23. The van der Waals surface area contributed by atoms with Crippen molar-refractivity contribution < 1.29 is 9.53 Å². The van der Waals surface area contributed by atoms with Crippen LogP contribution < -0.4 is 10.1 Å². The fourth-order valence-electron chi connectivity index (χ4n) is 2.05. The van der Waals surface area contributed by atoms with Gasteiger partial charge in [0.1, 0.15) is 12.1 Å². The van der Waals surface area contributed by atoms with Gasteiger partial charge in [-0.25, -0.2) is 9.50 Å². The lowest BCUT2D eigenvalue weighted by atomic mass is 10.2. The van der Waals surface area contributed by atoms with Crippen LogP contribution in [0.3, 0.4) is 0 Å². The summed E-state index contributed by atoms with van der Waals surface area (Å²) in [5.74, 6) is 0.779. The number of methoxy groups -OCH3 is 1. The van der Waals surface area contributed by atoms with Gasteiger partial charge in [0.15, 0.2) is 0 Å². The number of fused-ring (bicyclic) bond motifs is 1. The number of aromatic nitrogens is 4. The molecule has 0 aliphatic rings. The maximum atomic E-state index is 12.4. The summed E-state index contributed by atoms with van der Waals surface area (Å²) in [4.78, 5) is 20.5. The number of nitrogens with zero attached hydrogens (tertiary/aromatic N) is 4. The molecule has 2 heterocycles. The molecule has 21 heavy (non-hydrogen) atoms. The molecule has 106 valence electrons. The molecule has 2 aromatic heterocycles. The Bertz CT molecular complexity index is 812. The first-order chi connectivity index (χ1) is 10.2. The van der Waals surface area contributed by atoms with E-state index in [0.717, 1.165) is 0 Å². The van der Waals surface area contributed by atoms with Crippen LogP contribution in [-0.4, -0.2) is 32.6 Å². The van der Waals surface area contributed by atoms with Gasteiger partial charge in [-0.05, 0) is 19.1 Å². The van der Waals surface area contributed by atoms with Gasteiger partial charge in [0.25, 0.3) is 11.7 Å². The molecular weight excluding hydrogens is 270 g/mol. The normalized spacial score (nSPS) is 10.6. The second-order valence-electron chi connectivity index (χ2n) is 4.38. The summed E-state index contributed by atoms with van der Waals surface area (Å²) in [6.07, 6.45) is 2.89. The van der Waals surface area contributed by atoms with E-state index in [1.54, 1.807) is 26.2 Å². The number of carbonyl (C=O) groups is 1. The third-order valence-corrected chi connectivity index (χ3v) is 3.15. The predicted molar refractivity (Wildman–Crippen MR) is 76.5 cm³/mol. The second kappa shape index (κ2) is 5.20. The third-order valence-electron chi connectivity index (χ3n) is 3.15. The van der Waals surface area contributed by atoms with Crippen LogP contribution in [-0.2, 0) is 0 Å². The smallest absolute Gasteiger partial charge is 0.259 e. The molecule has 0 aliphatic carbocycles. The molecule has 0 bridgehead atoms. The van der Waals surface area contributed by atoms with E-state index in [9.17, 15) is 4.79 Å². The number of amides is 1. The van der Waals surface area contributed by atoms with Crippen LogP contribution in [0.2, 0.25) is 0 Å². The van der Waals surface area contributed by atoms with Gasteiger partial charge in [0, 0.05) is 6.20 Å². The molecule has 0 radical (unpaired) electrons. The van der Waals surface area contributed by atoms with Crippen LogP contribution in [0.25, 0.3) is 5.78 Å². The van der Waals surface area contributed by atoms with Gasteiger partial charge in [0.05, 0.1) is 24.1 Å². The number of hydrogen-bond acceptors (Lipinski definition) is 5. The minimum atomic E-state index is -0.276. The molecule has 1 N–H and O–H groups in total. The van der Waals surface area contributed by atoms with Gasteiger partial charge in [-0.3, -0.25) is 4.79 Å². The van der Waals surface area contributed by atoms with Gasteiger partial charge < -0.3 is 10.1 Å². The van der Waals surface area contributed by atoms with Gasteiger partial charge in [-0.1, -0.05) is 12.1 Å². The Morgan fingerprint density at radius 2 is 2.10 bits per heavy atom. The standard InChI is InChI=1S/C14H13N5O2/c1-9-10(7-15-14-16-8-17-19(9)14)13(20)18-11-5-3-4-6-12(11)21-2/h3-8H,1-2H3,(H,18,20). The van der Waals surface area contributed by atoms with Crippen molar-refractivity contribution in [3.8, 4) is 5.75 Å². The van der Waals surface area contributed by atoms with E-state index in [1.165, 1.54) is 17.0 Å². The fourth-order valence-corrected chi connectivity index (χ4v) is 2.05.